The van der Waals surface area contributed by atoms with E-state index in [1.165, 1.54) is 18.4 Å². The molecule has 0 aliphatic carbocycles. The first kappa shape index (κ1) is 19.0. The van der Waals surface area contributed by atoms with Gasteiger partial charge in [-0.05, 0) is 56.2 Å². The number of hydrogen-bond acceptors (Lipinski definition) is 2. The van der Waals surface area contributed by atoms with Gasteiger partial charge in [0.25, 0.3) is 0 Å². The summed E-state index contributed by atoms with van der Waals surface area (Å²) in [4.78, 5) is 12.0. The fraction of sp³-hybridized carbons (Fsp3) is 0.611. The van der Waals surface area contributed by atoms with Gasteiger partial charge in [-0.3, -0.25) is 4.79 Å². The van der Waals surface area contributed by atoms with E-state index in [2.05, 4.69) is 41.8 Å². The second-order valence-corrected chi connectivity index (χ2v) is 6.21. The van der Waals surface area contributed by atoms with Crippen LogP contribution in [-0.2, 0) is 11.2 Å². The fourth-order valence-electron chi connectivity index (χ4n) is 3.11. The van der Waals surface area contributed by atoms with Crippen molar-refractivity contribution in [1.29, 1.82) is 0 Å². The molecule has 0 bridgehead atoms. The zero-order valence-corrected chi connectivity index (χ0v) is 14.3. The maximum absolute atomic E-state index is 12.0. The van der Waals surface area contributed by atoms with E-state index >= 15 is 0 Å². The molecule has 1 aliphatic heterocycles. The Morgan fingerprint density at radius 2 is 1.95 bits per heavy atom. The lowest BCUT2D eigenvalue weighted by Crippen LogP contribution is -2.33. The van der Waals surface area contributed by atoms with Crippen molar-refractivity contribution >= 4 is 18.3 Å². The standard InChI is InChI=1S/C18H28N2O.ClH/c1-15(17-9-12-19-13-10-17)14-18(21)20-11-5-8-16-6-3-2-4-7-16;/h2-4,6-7,15,17,19H,5,8-14H2,1H3,(H,20,21);1H. The van der Waals surface area contributed by atoms with Crippen LogP contribution >= 0.6 is 12.4 Å². The molecule has 1 saturated heterocycles. The minimum Gasteiger partial charge on any atom is -0.356 e. The van der Waals surface area contributed by atoms with E-state index in [0.29, 0.717) is 18.3 Å². The highest BCUT2D eigenvalue weighted by molar-refractivity contribution is 5.85. The highest BCUT2D eigenvalue weighted by atomic mass is 35.5. The Labute approximate surface area is 140 Å². The number of amides is 1. The van der Waals surface area contributed by atoms with Crippen molar-refractivity contribution in [3.63, 3.8) is 0 Å². The summed E-state index contributed by atoms with van der Waals surface area (Å²) < 4.78 is 0. The molecular weight excluding hydrogens is 296 g/mol. The molecule has 0 aromatic heterocycles. The smallest absolute Gasteiger partial charge is 0.220 e. The van der Waals surface area contributed by atoms with Gasteiger partial charge in [-0.1, -0.05) is 37.3 Å². The van der Waals surface area contributed by atoms with Crippen molar-refractivity contribution in [2.75, 3.05) is 19.6 Å². The number of piperidine rings is 1. The van der Waals surface area contributed by atoms with Crippen molar-refractivity contribution < 1.29 is 4.79 Å². The molecule has 2 rings (SSSR count). The molecule has 1 aromatic rings. The van der Waals surface area contributed by atoms with Gasteiger partial charge < -0.3 is 10.6 Å². The Morgan fingerprint density at radius 1 is 1.27 bits per heavy atom. The lowest BCUT2D eigenvalue weighted by atomic mass is 9.84. The third kappa shape index (κ3) is 6.80. The fourth-order valence-corrected chi connectivity index (χ4v) is 3.11. The van der Waals surface area contributed by atoms with Crippen LogP contribution in [0.3, 0.4) is 0 Å². The first-order valence-electron chi connectivity index (χ1n) is 8.27. The van der Waals surface area contributed by atoms with Crippen LogP contribution in [0.1, 0.15) is 38.2 Å². The molecule has 1 unspecified atom stereocenters. The summed E-state index contributed by atoms with van der Waals surface area (Å²) >= 11 is 0. The van der Waals surface area contributed by atoms with E-state index in [9.17, 15) is 4.79 Å². The summed E-state index contributed by atoms with van der Waals surface area (Å²) in [5, 5.41) is 6.45. The predicted molar refractivity (Wildman–Crippen MR) is 94.4 cm³/mol. The van der Waals surface area contributed by atoms with Crippen LogP contribution in [-0.4, -0.2) is 25.5 Å². The largest absolute Gasteiger partial charge is 0.356 e. The number of benzene rings is 1. The summed E-state index contributed by atoms with van der Waals surface area (Å²) in [6.45, 7) is 5.22. The van der Waals surface area contributed by atoms with Crippen LogP contribution < -0.4 is 10.6 Å². The molecule has 1 amide bonds. The summed E-state index contributed by atoms with van der Waals surface area (Å²) in [5.41, 5.74) is 1.34. The van der Waals surface area contributed by atoms with Crippen molar-refractivity contribution in [3.8, 4) is 0 Å². The van der Waals surface area contributed by atoms with Crippen LogP contribution in [0.15, 0.2) is 30.3 Å². The van der Waals surface area contributed by atoms with Gasteiger partial charge in [0, 0.05) is 13.0 Å². The summed E-state index contributed by atoms with van der Waals surface area (Å²) in [7, 11) is 0. The molecule has 1 atom stereocenters. The maximum atomic E-state index is 12.0. The third-order valence-electron chi connectivity index (χ3n) is 4.50. The normalized spacial score (nSPS) is 16.6. The molecule has 1 fully saturated rings. The third-order valence-corrected chi connectivity index (χ3v) is 4.50. The Hall–Kier alpha value is -1.06. The average Bonchev–Trinajstić information content (AvgIpc) is 2.53. The maximum Gasteiger partial charge on any atom is 0.220 e. The number of nitrogens with one attached hydrogen (secondary N) is 2. The van der Waals surface area contributed by atoms with Gasteiger partial charge in [0.1, 0.15) is 0 Å². The van der Waals surface area contributed by atoms with E-state index in [-0.39, 0.29) is 18.3 Å². The molecule has 4 heteroatoms. The van der Waals surface area contributed by atoms with E-state index in [0.717, 1.165) is 32.5 Å². The molecule has 22 heavy (non-hydrogen) atoms. The zero-order chi connectivity index (χ0) is 14.9. The lowest BCUT2D eigenvalue weighted by molar-refractivity contribution is -0.122. The molecular formula is C18H29ClN2O. The van der Waals surface area contributed by atoms with Crippen LogP contribution in [0.4, 0.5) is 0 Å². The molecule has 0 spiro atoms. The van der Waals surface area contributed by atoms with Gasteiger partial charge in [-0.2, -0.15) is 0 Å². The highest BCUT2D eigenvalue weighted by Gasteiger charge is 2.21. The van der Waals surface area contributed by atoms with Crippen molar-refractivity contribution in [1.82, 2.24) is 10.6 Å². The topological polar surface area (TPSA) is 41.1 Å². The summed E-state index contributed by atoms with van der Waals surface area (Å²) in [6.07, 6.45) is 5.14. The molecule has 2 N–H and O–H groups in total. The SMILES string of the molecule is CC(CC(=O)NCCCc1ccccc1)C1CCNCC1.Cl. The molecule has 1 heterocycles. The van der Waals surface area contributed by atoms with Gasteiger partial charge >= 0.3 is 0 Å². The van der Waals surface area contributed by atoms with Crippen molar-refractivity contribution in [2.24, 2.45) is 11.8 Å². The predicted octanol–water partition coefficient (Wildman–Crippen LogP) is 3.18. The second-order valence-electron chi connectivity index (χ2n) is 6.21. The molecule has 0 radical (unpaired) electrons. The molecule has 124 valence electrons. The first-order valence-corrected chi connectivity index (χ1v) is 8.27. The molecule has 3 nitrogen and oxygen atoms in total. The molecule has 1 aromatic carbocycles. The molecule has 1 aliphatic rings. The number of halogens is 1. The minimum absolute atomic E-state index is 0. The van der Waals surface area contributed by atoms with Crippen LogP contribution in [0, 0.1) is 11.8 Å². The second kappa shape index (κ2) is 10.6. The Bertz CT molecular complexity index is 418. The monoisotopic (exact) mass is 324 g/mol. The molecule has 0 saturated carbocycles. The van der Waals surface area contributed by atoms with E-state index in [4.69, 9.17) is 0 Å². The quantitative estimate of drug-likeness (QED) is 0.756. The van der Waals surface area contributed by atoms with Gasteiger partial charge in [-0.15, -0.1) is 12.4 Å². The van der Waals surface area contributed by atoms with Crippen molar-refractivity contribution in [2.45, 2.75) is 39.0 Å². The van der Waals surface area contributed by atoms with Gasteiger partial charge in [0.2, 0.25) is 5.91 Å². The zero-order valence-electron chi connectivity index (χ0n) is 13.5. The van der Waals surface area contributed by atoms with Crippen LogP contribution in [0.2, 0.25) is 0 Å². The number of hydrogen-bond donors (Lipinski definition) is 2. The van der Waals surface area contributed by atoms with Crippen LogP contribution in [0.25, 0.3) is 0 Å². The van der Waals surface area contributed by atoms with Gasteiger partial charge in [0.15, 0.2) is 0 Å². The van der Waals surface area contributed by atoms with E-state index in [1.54, 1.807) is 0 Å². The highest BCUT2D eigenvalue weighted by Crippen LogP contribution is 2.24. The van der Waals surface area contributed by atoms with Crippen LogP contribution in [0.5, 0.6) is 0 Å². The number of rotatable bonds is 7. The summed E-state index contributed by atoms with van der Waals surface area (Å²) in [6, 6.07) is 10.4. The number of carbonyl (C=O) groups excluding carboxylic acids is 1. The van der Waals surface area contributed by atoms with Crippen molar-refractivity contribution in [3.05, 3.63) is 35.9 Å². The number of carbonyl (C=O) groups is 1. The Kier molecular flexibility index (Phi) is 9.17. The summed E-state index contributed by atoms with van der Waals surface area (Å²) in [5.74, 6) is 1.43. The minimum atomic E-state index is 0. The lowest BCUT2D eigenvalue weighted by Gasteiger charge is -2.27. The van der Waals surface area contributed by atoms with E-state index < -0.39 is 0 Å². The van der Waals surface area contributed by atoms with Gasteiger partial charge in [-0.25, -0.2) is 0 Å². The Morgan fingerprint density at radius 3 is 2.64 bits per heavy atom. The first-order chi connectivity index (χ1) is 10.3. The Balaban J connectivity index is 0.00000242. The van der Waals surface area contributed by atoms with Gasteiger partial charge in [0.05, 0.1) is 0 Å². The number of aryl methyl sites for hydroxylation is 1. The van der Waals surface area contributed by atoms with E-state index in [1.807, 2.05) is 6.07 Å². The average molecular weight is 325 g/mol.